The van der Waals surface area contributed by atoms with Crippen molar-refractivity contribution in [3.63, 3.8) is 0 Å². The zero-order valence-electron chi connectivity index (χ0n) is 16.3. The molecule has 0 saturated carbocycles. The molecule has 2 aromatic rings. The molecule has 0 bridgehead atoms. The molecule has 5 heteroatoms. The predicted octanol–water partition coefficient (Wildman–Crippen LogP) is 3.32. The molecule has 0 radical (unpaired) electrons. The van der Waals surface area contributed by atoms with E-state index in [1.807, 2.05) is 36.1 Å². The van der Waals surface area contributed by atoms with E-state index in [0.29, 0.717) is 6.04 Å². The van der Waals surface area contributed by atoms with Crippen molar-refractivity contribution in [2.24, 2.45) is 0 Å². The van der Waals surface area contributed by atoms with Crippen LogP contribution in [-0.4, -0.2) is 57.9 Å². The fraction of sp³-hybridized carbons (Fsp3) is 0.500. The third-order valence-electron chi connectivity index (χ3n) is 5.68. The van der Waals surface area contributed by atoms with Crippen molar-refractivity contribution in [2.45, 2.75) is 45.6 Å². The Kier molecular flexibility index (Phi) is 5.21. The van der Waals surface area contributed by atoms with E-state index in [4.69, 9.17) is 0 Å². The first kappa shape index (κ1) is 18.1. The van der Waals surface area contributed by atoms with Gasteiger partial charge in [-0.15, -0.1) is 0 Å². The molecular weight excluding hydrogens is 336 g/mol. The van der Waals surface area contributed by atoms with Crippen LogP contribution < -0.4 is 0 Å². The highest BCUT2D eigenvalue weighted by atomic mass is 16.2. The monoisotopic (exact) mass is 364 g/mol. The quantitative estimate of drug-likeness (QED) is 0.835. The number of hydrogen-bond donors (Lipinski definition) is 0. The van der Waals surface area contributed by atoms with Crippen molar-refractivity contribution in [3.05, 3.63) is 47.4 Å². The van der Waals surface area contributed by atoms with Gasteiger partial charge >= 0.3 is 0 Å². The molecule has 0 spiro atoms. The van der Waals surface area contributed by atoms with Crippen molar-refractivity contribution in [2.75, 3.05) is 26.2 Å². The Labute approximate surface area is 161 Å². The number of rotatable bonds is 4. The van der Waals surface area contributed by atoms with Crippen LogP contribution in [0, 0.1) is 6.92 Å². The van der Waals surface area contributed by atoms with Gasteiger partial charge in [0.2, 0.25) is 0 Å². The summed E-state index contributed by atoms with van der Waals surface area (Å²) in [6, 6.07) is 10.5. The average molecular weight is 364 g/mol. The molecule has 1 aromatic heterocycles. The van der Waals surface area contributed by atoms with Gasteiger partial charge in [0.1, 0.15) is 5.82 Å². The van der Waals surface area contributed by atoms with Crippen LogP contribution in [-0.2, 0) is 6.42 Å². The lowest BCUT2D eigenvalue weighted by Gasteiger charge is -2.37. The molecule has 0 aliphatic carbocycles. The van der Waals surface area contributed by atoms with Gasteiger partial charge in [-0.25, -0.2) is 9.97 Å². The summed E-state index contributed by atoms with van der Waals surface area (Å²) in [5.74, 6) is 0.924. The highest BCUT2D eigenvalue weighted by Gasteiger charge is 2.32. The number of hydrogen-bond acceptors (Lipinski definition) is 4. The molecule has 2 aliphatic rings. The second-order valence-corrected chi connectivity index (χ2v) is 7.71. The number of carbonyl (C=O) groups is 1. The smallest absolute Gasteiger partial charge is 0.253 e. The third kappa shape index (κ3) is 3.88. The Bertz CT molecular complexity index is 835. The highest BCUT2D eigenvalue weighted by Crippen LogP contribution is 2.24. The van der Waals surface area contributed by atoms with Crippen molar-refractivity contribution in [1.82, 2.24) is 19.8 Å². The molecule has 2 saturated heterocycles. The van der Waals surface area contributed by atoms with Gasteiger partial charge in [0.05, 0.1) is 5.69 Å². The van der Waals surface area contributed by atoms with Gasteiger partial charge < -0.3 is 4.90 Å². The van der Waals surface area contributed by atoms with E-state index < -0.39 is 0 Å². The summed E-state index contributed by atoms with van der Waals surface area (Å²) in [6.45, 7) is 7.96. The van der Waals surface area contributed by atoms with E-state index in [0.717, 1.165) is 60.8 Å². The number of aryl methyl sites for hydroxylation is 2. The second kappa shape index (κ2) is 7.77. The first-order valence-electron chi connectivity index (χ1n) is 10.1. The summed E-state index contributed by atoms with van der Waals surface area (Å²) in [7, 11) is 0. The topological polar surface area (TPSA) is 49.3 Å². The van der Waals surface area contributed by atoms with Crippen LogP contribution in [0.1, 0.15) is 48.1 Å². The number of piperazine rings is 1. The Balaban J connectivity index is 1.56. The van der Waals surface area contributed by atoms with Crippen LogP contribution in [0.2, 0.25) is 0 Å². The molecule has 1 amide bonds. The summed E-state index contributed by atoms with van der Waals surface area (Å²) < 4.78 is 0. The standard InChI is InChI=1S/C22H28N4O/c1-3-6-19-14-21(24-16(2)23-19)17-7-4-8-18(13-17)22(27)26-12-11-25-10-5-9-20(25)15-26/h4,7-8,13-14,20H,3,5-6,9-12,15H2,1-2H3/t20-/m1/s1. The number of fused-ring (bicyclic) bond motifs is 1. The molecule has 0 unspecified atom stereocenters. The molecule has 5 nitrogen and oxygen atoms in total. The van der Waals surface area contributed by atoms with Crippen LogP contribution in [0.4, 0.5) is 0 Å². The Morgan fingerprint density at radius 3 is 2.93 bits per heavy atom. The minimum absolute atomic E-state index is 0.142. The lowest BCUT2D eigenvalue weighted by molar-refractivity contribution is 0.0571. The second-order valence-electron chi connectivity index (χ2n) is 7.71. The molecule has 27 heavy (non-hydrogen) atoms. The van der Waals surface area contributed by atoms with E-state index in [9.17, 15) is 4.79 Å². The van der Waals surface area contributed by atoms with E-state index >= 15 is 0 Å². The first-order valence-corrected chi connectivity index (χ1v) is 10.1. The van der Waals surface area contributed by atoms with E-state index in [1.165, 1.54) is 19.4 Å². The van der Waals surface area contributed by atoms with E-state index in [-0.39, 0.29) is 5.91 Å². The van der Waals surface area contributed by atoms with Gasteiger partial charge in [0.25, 0.3) is 5.91 Å². The summed E-state index contributed by atoms with van der Waals surface area (Å²) >= 11 is 0. The van der Waals surface area contributed by atoms with Crippen molar-refractivity contribution in [1.29, 1.82) is 0 Å². The molecule has 1 atom stereocenters. The maximum atomic E-state index is 13.1. The lowest BCUT2D eigenvalue weighted by atomic mass is 10.0. The molecule has 4 rings (SSSR count). The van der Waals surface area contributed by atoms with E-state index in [1.54, 1.807) is 0 Å². The van der Waals surface area contributed by atoms with Crippen molar-refractivity contribution in [3.8, 4) is 11.3 Å². The SMILES string of the molecule is CCCc1cc(-c2cccc(C(=O)N3CCN4CCC[C@@H]4C3)c2)nc(C)n1. The minimum Gasteiger partial charge on any atom is -0.336 e. The molecular formula is C22H28N4O. The van der Waals surface area contributed by atoms with Gasteiger partial charge in [-0.1, -0.05) is 25.5 Å². The number of nitrogens with zero attached hydrogens (tertiary/aromatic N) is 4. The largest absolute Gasteiger partial charge is 0.336 e. The summed E-state index contributed by atoms with van der Waals surface area (Å²) in [5.41, 5.74) is 3.71. The highest BCUT2D eigenvalue weighted by molar-refractivity contribution is 5.95. The molecule has 142 valence electrons. The van der Waals surface area contributed by atoms with Crippen LogP contribution in [0.25, 0.3) is 11.3 Å². The summed E-state index contributed by atoms with van der Waals surface area (Å²) in [4.78, 5) is 26.8. The summed E-state index contributed by atoms with van der Waals surface area (Å²) in [5, 5.41) is 0. The number of carbonyl (C=O) groups excluding carboxylic acids is 1. The van der Waals surface area contributed by atoms with Gasteiger partial charge in [-0.2, -0.15) is 0 Å². The maximum absolute atomic E-state index is 13.1. The van der Waals surface area contributed by atoms with Gasteiger partial charge in [-0.05, 0) is 50.9 Å². The Morgan fingerprint density at radius 2 is 2.07 bits per heavy atom. The maximum Gasteiger partial charge on any atom is 0.253 e. The number of aromatic nitrogens is 2. The van der Waals surface area contributed by atoms with Gasteiger partial charge in [-0.3, -0.25) is 9.69 Å². The molecule has 0 N–H and O–H groups in total. The minimum atomic E-state index is 0.142. The van der Waals surface area contributed by atoms with Crippen LogP contribution in [0.3, 0.4) is 0 Å². The predicted molar refractivity (Wildman–Crippen MR) is 107 cm³/mol. The Hall–Kier alpha value is -2.27. The number of benzene rings is 1. The lowest BCUT2D eigenvalue weighted by Crippen LogP contribution is -2.52. The van der Waals surface area contributed by atoms with Gasteiger partial charge in [0, 0.05) is 42.5 Å². The van der Waals surface area contributed by atoms with Crippen molar-refractivity contribution < 1.29 is 4.79 Å². The molecule has 2 fully saturated rings. The summed E-state index contributed by atoms with van der Waals surface area (Å²) in [6.07, 6.45) is 4.47. The molecule has 3 heterocycles. The van der Waals surface area contributed by atoms with Gasteiger partial charge in [0.15, 0.2) is 0 Å². The normalized spacial score (nSPS) is 19.9. The zero-order chi connectivity index (χ0) is 18.8. The van der Waals surface area contributed by atoms with Crippen LogP contribution >= 0.6 is 0 Å². The van der Waals surface area contributed by atoms with Crippen LogP contribution in [0.5, 0.6) is 0 Å². The zero-order valence-corrected chi connectivity index (χ0v) is 16.3. The third-order valence-corrected chi connectivity index (χ3v) is 5.68. The number of amides is 1. The average Bonchev–Trinajstić information content (AvgIpc) is 3.15. The van der Waals surface area contributed by atoms with Crippen LogP contribution in [0.15, 0.2) is 30.3 Å². The fourth-order valence-electron chi connectivity index (χ4n) is 4.33. The van der Waals surface area contributed by atoms with Crippen molar-refractivity contribution >= 4 is 5.91 Å². The first-order chi connectivity index (χ1) is 13.1. The Morgan fingerprint density at radius 1 is 1.19 bits per heavy atom. The molecule has 2 aliphatic heterocycles. The van der Waals surface area contributed by atoms with E-state index in [2.05, 4.69) is 27.9 Å². The fourth-order valence-corrected chi connectivity index (χ4v) is 4.33. The molecule has 1 aromatic carbocycles.